The molecule has 0 spiro atoms. The van der Waals surface area contributed by atoms with Crippen LogP contribution >= 0.6 is 23.3 Å². The van der Waals surface area contributed by atoms with Crippen LogP contribution in [0.4, 0.5) is 17.6 Å². The maximum Gasteiger partial charge on any atom is 0.442 e. The van der Waals surface area contributed by atoms with Crippen LogP contribution in [0.2, 0.25) is 0 Å². The van der Waals surface area contributed by atoms with Gasteiger partial charge in [-0.2, -0.15) is 13.2 Å². The number of halogens is 5. The smallest absolute Gasteiger partial charge is 0.207 e. The van der Waals surface area contributed by atoms with Gasteiger partial charge in [0.05, 0.1) is 0 Å². The minimum atomic E-state index is -4.41. The third-order valence-electron chi connectivity index (χ3n) is 2.62. The molecule has 17 heavy (non-hydrogen) atoms. The van der Waals surface area contributed by atoms with E-state index in [0.717, 1.165) is 6.07 Å². The quantitative estimate of drug-likeness (QED) is 0.590. The number of rotatable bonds is 1. The molecule has 0 aliphatic carbocycles. The van der Waals surface area contributed by atoms with E-state index in [1.807, 2.05) is 0 Å². The van der Waals surface area contributed by atoms with Crippen molar-refractivity contribution in [3.63, 3.8) is 0 Å². The molecule has 1 atom stereocenters. The number of hydrogen-bond acceptors (Lipinski definition) is 0. The average molecular weight is 329 g/mol. The SMILES string of the molecule is CCC1=Cc2ccc(F)cc2S1(Br)C(F)(F)F. The number of hydrogen-bond donors (Lipinski definition) is 0. The Labute approximate surface area is 105 Å². The van der Waals surface area contributed by atoms with Crippen LogP contribution in [0.15, 0.2) is 28.0 Å². The molecule has 94 valence electrons. The van der Waals surface area contributed by atoms with Gasteiger partial charge in [-0.25, -0.2) is 4.39 Å². The standard InChI is InChI=1S/C11H9BrF4S/c1-2-9-5-7-3-4-8(13)6-10(7)17(9,12)11(14,15)16/h3-6H,2H2,1H3. The zero-order valence-electron chi connectivity index (χ0n) is 8.81. The van der Waals surface area contributed by atoms with Gasteiger partial charge in [-0.05, 0) is 58.4 Å². The molecule has 0 bridgehead atoms. The first kappa shape index (κ1) is 13.0. The molecule has 1 heterocycles. The largest absolute Gasteiger partial charge is 0.442 e. The van der Waals surface area contributed by atoms with Gasteiger partial charge in [-0.15, -0.1) is 0 Å². The summed E-state index contributed by atoms with van der Waals surface area (Å²) in [5.41, 5.74) is -3.96. The number of fused-ring (bicyclic) bond motifs is 1. The Morgan fingerprint density at radius 1 is 1.29 bits per heavy atom. The molecule has 1 aromatic rings. The molecule has 1 aromatic carbocycles. The van der Waals surface area contributed by atoms with Gasteiger partial charge in [-0.3, -0.25) is 0 Å². The zero-order valence-corrected chi connectivity index (χ0v) is 11.2. The van der Waals surface area contributed by atoms with Gasteiger partial charge in [-0.1, -0.05) is 13.0 Å². The molecule has 6 heteroatoms. The highest BCUT2D eigenvalue weighted by molar-refractivity contribution is 9.59. The summed E-state index contributed by atoms with van der Waals surface area (Å²) >= 11 is 2.85. The van der Waals surface area contributed by atoms with Crippen LogP contribution in [0.5, 0.6) is 0 Å². The van der Waals surface area contributed by atoms with Gasteiger partial charge in [0, 0.05) is 4.90 Å². The van der Waals surface area contributed by atoms with E-state index in [1.54, 1.807) is 6.92 Å². The fourth-order valence-corrected chi connectivity index (χ4v) is 5.89. The Kier molecular flexibility index (Phi) is 3.06. The monoisotopic (exact) mass is 328 g/mol. The van der Waals surface area contributed by atoms with Gasteiger partial charge in [0.2, 0.25) is 0 Å². The molecule has 0 aromatic heterocycles. The molecule has 0 nitrogen and oxygen atoms in total. The number of allylic oxidation sites excluding steroid dienone is 1. The normalized spacial score (nSPS) is 27.3. The van der Waals surface area contributed by atoms with Crippen LogP contribution in [0.1, 0.15) is 18.9 Å². The van der Waals surface area contributed by atoms with Crippen molar-refractivity contribution in [2.45, 2.75) is 23.7 Å². The predicted molar refractivity (Wildman–Crippen MR) is 65.5 cm³/mol. The average Bonchev–Trinajstić information content (AvgIpc) is 2.52. The third-order valence-corrected chi connectivity index (χ3v) is 8.75. The predicted octanol–water partition coefficient (Wildman–Crippen LogP) is 5.58. The molecule has 0 saturated carbocycles. The first-order valence-corrected chi connectivity index (χ1v) is 8.37. The fraction of sp³-hybridized carbons (Fsp3) is 0.273. The number of benzene rings is 1. The van der Waals surface area contributed by atoms with E-state index in [1.165, 1.54) is 18.2 Å². The van der Waals surface area contributed by atoms with Gasteiger partial charge in [0.1, 0.15) is 5.82 Å². The summed E-state index contributed by atoms with van der Waals surface area (Å²) in [6.07, 6.45) is 1.79. The lowest BCUT2D eigenvalue weighted by Crippen LogP contribution is -2.15. The highest BCUT2D eigenvalue weighted by Crippen LogP contribution is 2.81. The minimum Gasteiger partial charge on any atom is -0.207 e. The van der Waals surface area contributed by atoms with Crippen molar-refractivity contribution < 1.29 is 17.6 Å². The summed E-state index contributed by atoms with van der Waals surface area (Å²) in [6, 6.07) is 3.55. The third kappa shape index (κ3) is 1.81. The fourth-order valence-electron chi connectivity index (χ4n) is 1.84. The van der Waals surface area contributed by atoms with Crippen molar-refractivity contribution in [3.05, 3.63) is 34.5 Å². The first-order valence-electron chi connectivity index (χ1n) is 4.90. The van der Waals surface area contributed by atoms with E-state index in [2.05, 4.69) is 14.8 Å². The van der Waals surface area contributed by atoms with Crippen LogP contribution < -0.4 is 0 Å². The highest BCUT2D eigenvalue weighted by Gasteiger charge is 2.54. The molecule has 0 saturated heterocycles. The van der Waals surface area contributed by atoms with Gasteiger partial charge in [0.25, 0.3) is 0 Å². The molecule has 2 rings (SSSR count). The molecule has 1 aliphatic heterocycles. The lowest BCUT2D eigenvalue weighted by Gasteiger charge is -2.34. The van der Waals surface area contributed by atoms with E-state index in [9.17, 15) is 17.6 Å². The topological polar surface area (TPSA) is 0 Å². The summed E-state index contributed by atoms with van der Waals surface area (Å²) in [5.74, 6) is -0.643. The molecule has 1 unspecified atom stereocenters. The highest BCUT2D eigenvalue weighted by atomic mass is 79.9. The van der Waals surface area contributed by atoms with Crippen molar-refractivity contribution in [2.24, 2.45) is 0 Å². The lowest BCUT2D eigenvalue weighted by molar-refractivity contribution is -0.0355. The van der Waals surface area contributed by atoms with E-state index >= 15 is 0 Å². The Hall–Kier alpha value is -0.490. The summed E-state index contributed by atoms with van der Waals surface area (Å²) < 4.78 is 52.8. The minimum absolute atomic E-state index is 0.0156. The van der Waals surface area contributed by atoms with Gasteiger partial charge in [0.15, 0.2) is 0 Å². The number of alkyl halides is 3. The van der Waals surface area contributed by atoms with Crippen molar-refractivity contribution in [1.29, 1.82) is 0 Å². The Morgan fingerprint density at radius 3 is 2.47 bits per heavy atom. The molecule has 0 radical (unpaired) electrons. The Balaban J connectivity index is 2.68. The van der Waals surface area contributed by atoms with E-state index in [-0.39, 0.29) is 16.2 Å². The molecule has 0 amide bonds. The Bertz CT molecular complexity index is 495. The second-order valence-corrected chi connectivity index (χ2v) is 9.05. The Morgan fingerprint density at radius 2 is 1.94 bits per heavy atom. The lowest BCUT2D eigenvalue weighted by atomic mass is 10.2. The van der Waals surface area contributed by atoms with Crippen LogP contribution in [0.3, 0.4) is 0 Å². The molecule has 0 fully saturated rings. The summed E-state index contributed by atoms with van der Waals surface area (Å²) in [7, 11) is -3.26. The summed E-state index contributed by atoms with van der Waals surface area (Å²) in [6.45, 7) is 1.67. The molecular weight excluding hydrogens is 320 g/mol. The van der Waals surface area contributed by atoms with Crippen molar-refractivity contribution in [3.8, 4) is 0 Å². The second-order valence-electron chi connectivity index (χ2n) is 3.63. The molecule has 0 N–H and O–H groups in total. The summed E-state index contributed by atoms with van der Waals surface area (Å²) in [5, 5.41) is 0. The van der Waals surface area contributed by atoms with Crippen LogP contribution in [-0.4, -0.2) is 5.51 Å². The van der Waals surface area contributed by atoms with Crippen molar-refractivity contribution >= 4 is 29.4 Å². The maximum atomic E-state index is 13.2. The van der Waals surface area contributed by atoms with Crippen molar-refractivity contribution in [1.82, 2.24) is 0 Å². The van der Waals surface area contributed by atoms with Gasteiger partial charge >= 0.3 is 5.51 Å². The van der Waals surface area contributed by atoms with Crippen molar-refractivity contribution in [2.75, 3.05) is 0 Å². The van der Waals surface area contributed by atoms with E-state index < -0.39 is 19.8 Å². The zero-order chi connectivity index (χ0) is 12.8. The molecular formula is C11H9BrF4S. The van der Waals surface area contributed by atoms with E-state index in [0.29, 0.717) is 5.56 Å². The summed E-state index contributed by atoms with van der Waals surface area (Å²) in [4.78, 5) is 0.299. The van der Waals surface area contributed by atoms with Crippen LogP contribution in [0, 0.1) is 5.82 Å². The van der Waals surface area contributed by atoms with Crippen LogP contribution in [-0.2, 0) is 0 Å². The van der Waals surface area contributed by atoms with Crippen LogP contribution in [0.25, 0.3) is 6.08 Å². The first-order chi connectivity index (χ1) is 7.80. The second kappa shape index (κ2) is 4.02. The van der Waals surface area contributed by atoms with Gasteiger partial charge < -0.3 is 0 Å². The maximum absolute atomic E-state index is 13.2. The molecule has 1 aliphatic rings. The van der Waals surface area contributed by atoms with E-state index in [4.69, 9.17) is 0 Å².